The van der Waals surface area contributed by atoms with Crippen LogP contribution >= 0.6 is 12.2 Å². The van der Waals surface area contributed by atoms with E-state index >= 15 is 0 Å². The van der Waals surface area contributed by atoms with Crippen molar-refractivity contribution in [3.63, 3.8) is 0 Å². The van der Waals surface area contributed by atoms with Crippen molar-refractivity contribution >= 4 is 26.6 Å². The summed E-state index contributed by atoms with van der Waals surface area (Å²) in [6.07, 6.45) is 2.07. The maximum absolute atomic E-state index is 5.67. The van der Waals surface area contributed by atoms with Gasteiger partial charge < -0.3 is 13.6 Å². The summed E-state index contributed by atoms with van der Waals surface area (Å²) in [6.45, 7) is 8.19. The highest BCUT2D eigenvalue weighted by atomic mass is 32.1. The molecular weight excluding hydrogens is 228 g/mol. The predicted octanol–water partition coefficient (Wildman–Crippen LogP) is 2.42. The van der Waals surface area contributed by atoms with Gasteiger partial charge in [-0.15, -0.1) is 0 Å². The van der Waals surface area contributed by atoms with Crippen molar-refractivity contribution in [3.8, 4) is 0 Å². The first-order valence-electron chi connectivity index (χ1n) is 5.57. The zero-order valence-corrected chi connectivity index (χ0v) is 11.9. The van der Waals surface area contributed by atoms with Crippen molar-refractivity contribution in [2.75, 3.05) is 19.8 Å². The lowest BCUT2D eigenvalue weighted by atomic mass is 10.5. The van der Waals surface area contributed by atoms with E-state index in [0.29, 0.717) is 11.7 Å². The van der Waals surface area contributed by atoms with E-state index in [2.05, 4.69) is 13.8 Å². The van der Waals surface area contributed by atoms with Gasteiger partial charge in [-0.25, -0.2) is 0 Å². The van der Waals surface area contributed by atoms with Crippen molar-refractivity contribution in [1.82, 2.24) is 0 Å². The van der Waals surface area contributed by atoms with E-state index in [1.807, 2.05) is 0 Å². The Morgan fingerprint density at radius 2 is 1.60 bits per heavy atom. The van der Waals surface area contributed by atoms with Crippen LogP contribution in [-0.2, 0) is 13.6 Å². The number of thiocarbonyl (C=S) groups is 1. The van der Waals surface area contributed by atoms with Crippen molar-refractivity contribution in [2.24, 2.45) is 0 Å². The normalized spacial score (nSPS) is 10.7. The Morgan fingerprint density at radius 1 is 1.07 bits per heavy atom. The number of ether oxygens (including phenoxy) is 1. The van der Waals surface area contributed by atoms with Gasteiger partial charge in [0.15, 0.2) is 5.05 Å². The molecule has 0 radical (unpaired) electrons. The maximum atomic E-state index is 5.67. The highest BCUT2D eigenvalue weighted by Crippen LogP contribution is 2.01. The van der Waals surface area contributed by atoms with E-state index in [0.717, 1.165) is 32.1 Å². The minimum atomic E-state index is -1.51. The van der Waals surface area contributed by atoms with E-state index in [1.165, 1.54) is 0 Å². The van der Waals surface area contributed by atoms with Crippen LogP contribution in [0, 0.1) is 0 Å². The fourth-order valence-electron chi connectivity index (χ4n) is 1.01. The van der Waals surface area contributed by atoms with Crippen LogP contribution in [0.15, 0.2) is 0 Å². The molecule has 3 nitrogen and oxygen atoms in total. The molecule has 0 saturated carbocycles. The fraction of sp³-hybridized carbons (Fsp3) is 0.900. The highest BCUT2D eigenvalue weighted by Gasteiger charge is 2.12. The molecule has 0 rings (SSSR count). The van der Waals surface area contributed by atoms with Gasteiger partial charge in [0.2, 0.25) is 0 Å². The quantitative estimate of drug-likeness (QED) is 0.464. The third-order valence-corrected chi connectivity index (χ3v) is 3.71. The number of rotatable bonds is 9. The minimum Gasteiger partial charge on any atom is -0.487 e. The Morgan fingerprint density at radius 3 is 2.00 bits per heavy atom. The smallest absolute Gasteiger partial charge is 0.324 e. The van der Waals surface area contributed by atoms with Crippen LogP contribution in [0.5, 0.6) is 0 Å². The molecule has 0 unspecified atom stereocenters. The van der Waals surface area contributed by atoms with Gasteiger partial charge in [0.25, 0.3) is 0 Å². The predicted molar refractivity (Wildman–Crippen MR) is 68.7 cm³/mol. The Kier molecular flexibility index (Phi) is 10.6. The Hall–Kier alpha value is 0.0269. The largest absolute Gasteiger partial charge is 0.487 e. The second kappa shape index (κ2) is 10.5. The zero-order valence-electron chi connectivity index (χ0n) is 9.95. The van der Waals surface area contributed by atoms with Gasteiger partial charge >= 0.3 is 9.28 Å². The summed E-state index contributed by atoms with van der Waals surface area (Å²) in [5.41, 5.74) is 0. The monoisotopic (exact) mass is 250 g/mol. The van der Waals surface area contributed by atoms with Crippen LogP contribution in [0.2, 0.25) is 6.04 Å². The number of hydrogen-bond donors (Lipinski definition) is 0. The lowest BCUT2D eigenvalue weighted by molar-refractivity contribution is 0.189. The average Bonchev–Trinajstić information content (AvgIpc) is 2.20. The van der Waals surface area contributed by atoms with Crippen LogP contribution < -0.4 is 0 Å². The molecule has 0 saturated heterocycles. The molecule has 15 heavy (non-hydrogen) atoms. The maximum Gasteiger partial charge on any atom is 0.324 e. The highest BCUT2D eigenvalue weighted by molar-refractivity contribution is 7.80. The van der Waals surface area contributed by atoms with Gasteiger partial charge in [0, 0.05) is 26.2 Å². The van der Waals surface area contributed by atoms with E-state index in [9.17, 15) is 0 Å². The molecule has 0 fully saturated rings. The van der Waals surface area contributed by atoms with Crippen LogP contribution in [-0.4, -0.2) is 34.2 Å². The van der Waals surface area contributed by atoms with Gasteiger partial charge in [-0.3, -0.25) is 0 Å². The summed E-state index contributed by atoms with van der Waals surface area (Å²) in [5, 5.41) is 0.591. The first kappa shape index (κ1) is 15.0. The summed E-state index contributed by atoms with van der Waals surface area (Å²) < 4.78 is 16.6. The Bertz CT molecular complexity index is 159. The minimum absolute atomic E-state index is 0.591. The standard InChI is InChI=1S/C10H22O3SSi/c1-4-6-12-15(13-7-5-2)9-8-11-10(3)14/h15H,4-9H2,1-3H3. The molecular formula is C10H22O3SSi. The lowest BCUT2D eigenvalue weighted by Crippen LogP contribution is -2.25. The van der Waals surface area contributed by atoms with Gasteiger partial charge in [0.05, 0.1) is 6.61 Å². The summed E-state index contributed by atoms with van der Waals surface area (Å²) in [4.78, 5) is 0. The Labute approximate surface area is 99.9 Å². The molecule has 0 aliphatic rings. The average molecular weight is 250 g/mol. The summed E-state index contributed by atoms with van der Waals surface area (Å²) in [7, 11) is -1.51. The third kappa shape index (κ3) is 10.3. The molecule has 0 aliphatic carbocycles. The van der Waals surface area contributed by atoms with E-state index in [-0.39, 0.29) is 0 Å². The van der Waals surface area contributed by atoms with Crippen molar-refractivity contribution < 1.29 is 13.6 Å². The van der Waals surface area contributed by atoms with Crippen LogP contribution in [0.1, 0.15) is 33.6 Å². The molecule has 90 valence electrons. The first-order valence-corrected chi connectivity index (χ1v) is 7.74. The molecule has 0 aliphatic heterocycles. The van der Waals surface area contributed by atoms with Crippen molar-refractivity contribution in [3.05, 3.63) is 0 Å². The lowest BCUT2D eigenvalue weighted by Gasteiger charge is -2.16. The molecule has 5 heteroatoms. The molecule has 0 aromatic heterocycles. The van der Waals surface area contributed by atoms with Crippen LogP contribution in [0.3, 0.4) is 0 Å². The third-order valence-electron chi connectivity index (χ3n) is 1.67. The Balaban J connectivity index is 3.63. The summed E-state index contributed by atoms with van der Waals surface area (Å²) in [5.74, 6) is 0. The second-order valence-electron chi connectivity index (χ2n) is 3.30. The molecule has 0 bridgehead atoms. The van der Waals surface area contributed by atoms with E-state index in [1.54, 1.807) is 6.92 Å². The zero-order chi connectivity index (χ0) is 11.5. The summed E-state index contributed by atoms with van der Waals surface area (Å²) in [6, 6.07) is 0.869. The summed E-state index contributed by atoms with van der Waals surface area (Å²) >= 11 is 4.83. The van der Waals surface area contributed by atoms with Gasteiger partial charge in [-0.2, -0.15) is 0 Å². The number of hydrogen-bond acceptors (Lipinski definition) is 4. The topological polar surface area (TPSA) is 27.7 Å². The van der Waals surface area contributed by atoms with E-state index < -0.39 is 9.28 Å². The molecule has 0 aromatic carbocycles. The van der Waals surface area contributed by atoms with Gasteiger partial charge in [-0.05, 0) is 25.1 Å². The van der Waals surface area contributed by atoms with Gasteiger partial charge in [-0.1, -0.05) is 13.8 Å². The molecule has 0 atom stereocenters. The van der Waals surface area contributed by atoms with Gasteiger partial charge in [0.1, 0.15) is 0 Å². The fourth-order valence-corrected chi connectivity index (χ4v) is 2.83. The molecule has 0 N–H and O–H groups in total. The van der Waals surface area contributed by atoms with Crippen LogP contribution in [0.25, 0.3) is 0 Å². The molecule has 0 spiro atoms. The van der Waals surface area contributed by atoms with Crippen molar-refractivity contribution in [1.29, 1.82) is 0 Å². The molecule has 0 aromatic rings. The second-order valence-corrected chi connectivity index (χ2v) is 5.98. The van der Waals surface area contributed by atoms with E-state index in [4.69, 9.17) is 25.8 Å². The first-order chi connectivity index (χ1) is 7.20. The molecule has 0 heterocycles. The SMILES string of the molecule is CCCO[SiH](CCOC(C)=S)OCCC. The van der Waals surface area contributed by atoms with Crippen LogP contribution in [0.4, 0.5) is 0 Å². The van der Waals surface area contributed by atoms with Crippen molar-refractivity contribution in [2.45, 2.75) is 39.7 Å². The molecule has 0 amide bonds.